The van der Waals surface area contributed by atoms with Crippen LogP contribution in [0.4, 0.5) is 0 Å². The number of hydrogen-bond acceptors (Lipinski definition) is 3. The Hall–Kier alpha value is -2.68. The maximum absolute atomic E-state index is 11.9. The van der Waals surface area contributed by atoms with Gasteiger partial charge in [-0.15, -0.1) is 6.42 Å². The predicted molar refractivity (Wildman–Crippen MR) is 106 cm³/mol. The summed E-state index contributed by atoms with van der Waals surface area (Å²) in [5.41, 5.74) is 0.918. The monoisotopic (exact) mass is 358 g/mol. The molecule has 0 aliphatic carbocycles. The van der Waals surface area contributed by atoms with Gasteiger partial charge in [0.15, 0.2) is 5.96 Å². The summed E-state index contributed by atoms with van der Waals surface area (Å²) in [6, 6.07) is 7.83. The zero-order valence-electron chi connectivity index (χ0n) is 16.2. The molecule has 6 nitrogen and oxygen atoms in total. The lowest BCUT2D eigenvalue weighted by Crippen LogP contribution is -2.43. The average molecular weight is 358 g/mol. The molecule has 142 valence electrons. The smallest absolute Gasteiger partial charge is 0.242 e. The van der Waals surface area contributed by atoms with E-state index >= 15 is 0 Å². The molecule has 26 heavy (non-hydrogen) atoms. The Labute approximate surface area is 156 Å². The van der Waals surface area contributed by atoms with Crippen molar-refractivity contribution in [2.45, 2.75) is 39.7 Å². The summed E-state index contributed by atoms with van der Waals surface area (Å²) in [6.45, 7) is 9.62. The van der Waals surface area contributed by atoms with E-state index in [1.165, 1.54) is 5.56 Å². The third-order valence-electron chi connectivity index (χ3n) is 3.19. The van der Waals surface area contributed by atoms with Crippen LogP contribution in [0.3, 0.4) is 0 Å². The number of nitrogens with zero attached hydrogens (tertiary/aromatic N) is 1. The Bertz CT molecular complexity index is 625. The van der Waals surface area contributed by atoms with Gasteiger partial charge in [0.2, 0.25) is 5.91 Å². The van der Waals surface area contributed by atoms with E-state index in [4.69, 9.17) is 11.2 Å². The van der Waals surface area contributed by atoms with Crippen molar-refractivity contribution in [3.8, 4) is 18.1 Å². The predicted octanol–water partition coefficient (Wildman–Crippen LogP) is 1.71. The van der Waals surface area contributed by atoms with Gasteiger partial charge in [0.05, 0.1) is 0 Å². The average Bonchev–Trinajstić information content (AvgIpc) is 2.57. The van der Waals surface area contributed by atoms with Gasteiger partial charge >= 0.3 is 0 Å². The highest BCUT2D eigenvalue weighted by Gasteiger charge is 2.13. The minimum atomic E-state index is -0.255. The summed E-state index contributed by atoms with van der Waals surface area (Å²) in [4.78, 5) is 16.2. The van der Waals surface area contributed by atoms with Gasteiger partial charge in [-0.25, -0.2) is 4.99 Å². The second-order valence-corrected chi connectivity index (χ2v) is 6.81. The fourth-order valence-corrected chi connectivity index (χ4v) is 2.15. The molecule has 0 atom stereocenters. The summed E-state index contributed by atoms with van der Waals surface area (Å²) >= 11 is 0. The largest absolute Gasteiger partial charge is 0.481 e. The van der Waals surface area contributed by atoms with Crippen LogP contribution in [0.25, 0.3) is 0 Å². The molecule has 0 saturated carbocycles. The molecule has 0 saturated heterocycles. The fraction of sp³-hybridized carbons (Fsp3) is 0.500. The highest BCUT2D eigenvalue weighted by atomic mass is 16.5. The van der Waals surface area contributed by atoms with Crippen molar-refractivity contribution in [3.63, 3.8) is 0 Å². The first-order chi connectivity index (χ1) is 12.3. The van der Waals surface area contributed by atoms with Gasteiger partial charge < -0.3 is 20.7 Å². The Morgan fingerprint density at radius 3 is 2.50 bits per heavy atom. The number of nitrogens with one attached hydrogen (secondary N) is 3. The van der Waals surface area contributed by atoms with E-state index in [0.717, 1.165) is 18.7 Å². The van der Waals surface area contributed by atoms with Crippen LogP contribution in [0.15, 0.2) is 29.3 Å². The van der Waals surface area contributed by atoms with Gasteiger partial charge in [0.25, 0.3) is 0 Å². The number of guanidine groups is 1. The van der Waals surface area contributed by atoms with Gasteiger partial charge in [-0.05, 0) is 51.8 Å². The van der Waals surface area contributed by atoms with Crippen LogP contribution < -0.4 is 20.7 Å². The highest BCUT2D eigenvalue weighted by Crippen LogP contribution is 2.12. The number of ether oxygens (including phenoxy) is 1. The maximum atomic E-state index is 11.9. The quantitative estimate of drug-likeness (QED) is 0.376. The number of benzene rings is 1. The van der Waals surface area contributed by atoms with Gasteiger partial charge in [-0.1, -0.05) is 18.1 Å². The molecule has 0 aromatic heterocycles. The van der Waals surface area contributed by atoms with E-state index in [9.17, 15) is 4.79 Å². The summed E-state index contributed by atoms with van der Waals surface area (Å²) in [5, 5.41) is 9.27. The number of hydrogen-bond donors (Lipinski definition) is 3. The molecular weight excluding hydrogens is 328 g/mol. The molecule has 0 bridgehead atoms. The molecule has 1 aromatic carbocycles. The zero-order valence-corrected chi connectivity index (χ0v) is 16.2. The van der Waals surface area contributed by atoms with Gasteiger partial charge in [0, 0.05) is 18.6 Å². The Balaban J connectivity index is 2.46. The minimum absolute atomic E-state index is 0.0911. The summed E-state index contributed by atoms with van der Waals surface area (Å²) < 4.78 is 5.35. The van der Waals surface area contributed by atoms with Crippen molar-refractivity contribution < 1.29 is 9.53 Å². The lowest BCUT2D eigenvalue weighted by molar-refractivity contribution is -0.121. The first-order valence-electron chi connectivity index (χ1n) is 8.82. The van der Waals surface area contributed by atoms with Crippen LogP contribution in [0.5, 0.6) is 5.75 Å². The molecule has 1 rings (SSSR count). The molecule has 3 N–H and O–H groups in total. The van der Waals surface area contributed by atoms with E-state index in [1.54, 1.807) is 0 Å². The number of carbonyl (C=O) groups excluding carboxylic acids is 1. The van der Waals surface area contributed by atoms with E-state index in [1.807, 2.05) is 52.0 Å². The maximum Gasteiger partial charge on any atom is 0.242 e. The first kappa shape index (κ1) is 21.4. The van der Waals surface area contributed by atoms with Crippen LogP contribution in [-0.4, -0.2) is 43.6 Å². The lowest BCUT2D eigenvalue weighted by Gasteiger charge is -2.20. The second-order valence-electron chi connectivity index (χ2n) is 6.81. The van der Waals surface area contributed by atoms with Gasteiger partial charge in [0.1, 0.15) is 18.9 Å². The molecular formula is C20H30N4O2. The topological polar surface area (TPSA) is 74.8 Å². The standard InChI is InChI=1S/C20H30N4O2/c1-6-14-26-17-10-8-16(9-11-17)12-13-22-19(21-7-2)23-15-18(25)24-20(3,4)5/h1,8-11H,7,12-15H2,2-5H3,(H,24,25)(H2,21,22,23). The molecule has 0 aliphatic heterocycles. The van der Waals surface area contributed by atoms with Crippen LogP contribution >= 0.6 is 0 Å². The Morgan fingerprint density at radius 1 is 1.23 bits per heavy atom. The zero-order chi connectivity index (χ0) is 19.4. The summed E-state index contributed by atoms with van der Waals surface area (Å²) in [5.74, 6) is 3.73. The number of carbonyl (C=O) groups is 1. The van der Waals surface area contributed by atoms with Gasteiger partial charge in [-0.2, -0.15) is 0 Å². The third kappa shape index (κ3) is 9.58. The van der Waals surface area contributed by atoms with Crippen molar-refractivity contribution in [2.75, 3.05) is 26.2 Å². The molecule has 0 spiro atoms. The highest BCUT2D eigenvalue weighted by molar-refractivity contribution is 5.85. The molecule has 0 radical (unpaired) electrons. The molecule has 0 aliphatic rings. The van der Waals surface area contributed by atoms with Crippen LogP contribution in [0.2, 0.25) is 0 Å². The van der Waals surface area contributed by atoms with Crippen molar-refractivity contribution in [2.24, 2.45) is 4.99 Å². The molecule has 1 aromatic rings. The number of aliphatic imine (C=N–C) groups is 1. The van der Waals surface area contributed by atoms with Gasteiger partial charge in [-0.3, -0.25) is 4.79 Å². The van der Waals surface area contributed by atoms with Crippen LogP contribution in [-0.2, 0) is 11.2 Å². The van der Waals surface area contributed by atoms with E-state index in [0.29, 0.717) is 12.5 Å². The molecule has 0 unspecified atom stereocenters. The van der Waals surface area contributed by atoms with E-state index < -0.39 is 0 Å². The first-order valence-corrected chi connectivity index (χ1v) is 8.82. The van der Waals surface area contributed by atoms with Crippen LogP contribution in [0, 0.1) is 12.3 Å². The Kier molecular flexibility index (Phi) is 9.07. The Morgan fingerprint density at radius 2 is 1.92 bits per heavy atom. The van der Waals surface area contributed by atoms with Crippen molar-refractivity contribution >= 4 is 11.9 Å². The normalized spacial score (nSPS) is 11.4. The summed E-state index contributed by atoms with van der Waals surface area (Å²) in [6.07, 6.45) is 6.00. The van der Waals surface area contributed by atoms with Crippen LogP contribution in [0.1, 0.15) is 33.3 Å². The minimum Gasteiger partial charge on any atom is -0.481 e. The molecule has 0 heterocycles. The second kappa shape index (κ2) is 11.0. The SMILES string of the molecule is C#CCOc1ccc(CCNC(=NCC(=O)NC(C)(C)C)NCC)cc1. The number of amides is 1. The number of rotatable bonds is 8. The summed E-state index contributed by atoms with van der Waals surface area (Å²) in [7, 11) is 0. The molecule has 1 amide bonds. The molecule has 0 fully saturated rings. The third-order valence-corrected chi connectivity index (χ3v) is 3.19. The van der Waals surface area contributed by atoms with E-state index in [2.05, 4.69) is 26.9 Å². The van der Waals surface area contributed by atoms with E-state index in [-0.39, 0.29) is 24.6 Å². The van der Waals surface area contributed by atoms with Crippen molar-refractivity contribution in [3.05, 3.63) is 29.8 Å². The lowest BCUT2D eigenvalue weighted by atomic mass is 10.1. The van der Waals surface area contributed by atoms with Crippen molar-refractivity contribution in [1.82, 2.24) is 16.0 Å². The van der Waals surface area contributed by atoms with Crippen molar-refractivity contribution in [1.29, 1.82) is 0 Å². The molecule has 6 heteroatoms. The fourth-order valence-electron chi connectivity index (χ4n) is 2.15. The number of terminal acetylenes is 1.